The van der Waals surface area contributed by atoms with E-state index in [9.17, 15) is 9.90 Å². The van der Waals surface area contributed by atoms with Gasteiger partial charge in [0.05, 0.1) is 18.1 Å². The molecule has 0 aliphatic rings. The molecule has 0 fully saturated rings. The molecule has 2 heterocycles. The lowest BCUT2D eigenvalue weighted by Gasteiger charge is -2.17. The van der Waals surface area contributed by atoms with Crippen molar-refractivity contribution in [2.24, 2.45) is 0 Å². The van der Waals surface area contributed by atoms with Crippen molar-refractivity contribution in [1.82, 2.24) is 19.9 Å². The van der Waals surface area contributed by atoms with E-state index >= 15 is 0 Å². The Bertz CT molecular complexity index is 1310. The number of carbonyl (C=O) groups is 1. The van der Waals surface area contributed by atoms with E-state index < -0.39 is 5.97 Å². The highest BCUT2D eigenvalue weighted by molar-refractivity contribution is 6.15. The third-order valence-electron chi connectivity index (χ3n) is 5.38. The lowest BCUT2D eigenvalue weighted by atomic mass is 10.0. The van der Waals surface area contributed by atoms with Crippen molar-refractivity contribution in [3.8, 4) is 5.75 Å². The van der Waals surface area contributed by atoms with E-state index in [1.165, 1.54) is 6.33 Å². The Balaban J connectivity index is 1.66. The van der Waals surface area contributed by atoms with Crippen LogP contribution in [0.3, 0.4) is 0 Å². The summed E-state index contributed by atoms with van der Waals surface area (Å²) in [6.45, 7) is 5.10. The Morgan fingerprint density at radius 3 is 2.82 bits per heavy atom. The van der Waals surface area contributed by atoms with Crippen LogP contribution in [0.1, 0.15) is 18.4 Å². The maximum absolute atomic E-state index is 11.6. The minimum absolute atomic E-state index is 0.149. The molecule has 2 N–H and O–H groups in total. The van der Waals surface area contributed by atoms with Gasteiger partial charge in [0, 0.05) is 45.4 Å². The third-order valence-corrected chi connectivity index (χ3v) is 5.38. The molecule has 0 bridgehead atoms. The molecule has 33 heavy (non-hydrogen) atoms. The number of carboxylic acid groups (broad SMARTS) is 1. The molecule has 0 aliphatic heterocycles. The van der Waals surface area contributed by atoms with Gasteiger partial charge in [-0.2, -0.15) is 0 Å². The number of nitrogens with one attached hydrogen (secondary N) is 2. The molecular formula is C25H26N5O3-. The molecule has 2 aromatic heterocycles. The number of carbonyl (C=O) groups excluding carboxylic acids is 1. The molecule has 8 nitrogen and oxygen atoms in total. The van der Waals surface area contributed by atoms with Gasteiger partial charge in [-0.3, -0.25) is 0 Å². The van der Waals surface area contributed by atoms with Gasteiger partial charge in [-0.25, -0.2) is 9.97 Å². The van der Waals surface area contributed by atoms with Crippen molar-refractivity contribution in [3.05, 3.63) is 61.1 Å². The number of hydrogen-bond acceptors (Lipinski definition) is 7. The first-order valence-electron chi connectivity index (χ1n) is 10.7. The SMILES string of the molecule is C=C(C(=O)[O-])c1cc2c(Nc3ccc4[nH]ccc4c3)ncnc2cc1OCCCCN(C)C. The number of unbranched alkanes of at least 4 members (excludes halogenated alkanes) is 1. The topological polar surface area (TPSA) is 106 Å². The number of benzene rings is 2. The van der Waals surface area contributed by atoms with Crippen molar-refractivity contribution in [2.45, 2.75) is 12.8 Å². The van der Waals surface area contributed by atoms with Crippen LogP contribution in [-0.4, -0.2) is 53.1 Å². The van der Waals surface area contributed by atoms with Crippen LogP contribution in [0.25, 0.3) is 27.4 Å². The Morgan fingerprint density at radius 1 is 1.18 bits per heavy atom. The maximum Gasteiger partial charge on any atom is 0.141 e. The normalized spacial score (nSPS) is 11.2. The van der Waals surface area contributed by atoms with Crippen LogP contribution in [0, 0.1) is 0 Å². The summed E-state index contributed by atoms with van der Waals surface area (Å²) < 4.78 is 5.94. The maximum atomic E-state index is 11.6. The minimum atomic E-state index is -1.35. The van der Waals surface area contributed by atoms with Crippen LogP contribution in [0.5, 0.6) is 5.75 Å². The first-order valence-corrected chi connectivity index (χ1v) is 10.7. The zero-order chi connectivity index (χ0) is 23.4. The van der Waals surface area contributed by atoms with Crippen LogP contribution in [0.2, 0.25) is 0 Å². The van der Waals surface area contributed by atoms with Gasteiger partial charge in [-0.05, 0) is 63.8 Å². The number of hydrogen-bond donors (Lipinski definition) is 2. The summed E-state index contributed by atoms with van der Waals surface area (Å²) in [5, 5.41) is 16.6. The van der Waals surface area contributed by atoms with Gasteiger partial charge >= 0.3 is 0 Å². The summed E-state index contributed by atoms with van der Waals surface area (Å²) in [6.07, 6.45) is 5.16. The molecular weight excluding hydrogens is 418 g/mol. The molecule has 170 valence electrons. The summed E-state index contributed by atoms with van der Waals surface area (Å²) in [7, 11) is 4.04. The van der Waals surface area contributed by atoms with Crippen LogP contribution >= 0.6 is 0 Å². The zero-order valence-corrected chi connectivity index (χ0v) is 18.7. The molecule has 2 aromatic carbocycles. The summed E-state index contributed by atoms with van der Waals surface area (Å²) in [6, 6.07) is 11.3. The molecule has 0 unspecified atom stereocenters. The van der Waals surface area contributed by atoms with E-state index in [1.807, 2.05) is 44.6 Å². The van der Waals surface area contributed by atoms with Gasteiger partial charge < -0.3 is 29.8 Å². The van der Waals surface area contributed by atoms with Gasteiger partial charge in [0.2, 0.25) is 0 Å². The van der Waals surface area contributed by atoms with Gasteiger partial charge in [-0.1, -0.05) is 6.58 Å². The molecule has 0 saturated carbocycles. The fourth-order valence-corrected chi connectivity index (χ4v) is 3.63. The number of carboxylic acids is 1. The first kappa shape index (κ1) is 22.3. The molecule has 0 atom stereocenters. The van der Waals surface area contributed by atoms with Crippen molar-refractivity contribution in [1.29, 1.82) is 0 Å². The highest BCUT2D eigenvalue weighted by Gasteiger charge is 2.14. The number of nitrogens with zero attached hydrogens (tertiary/aromatic N) is 3. The van der Waals surface area contributed by atoms with Crippen LogP contribution in [-0.2, 0) is 4.79 Å². The second kappa shape index (κ2) is 9.70. The lowest BCUT2D eigenvalue weighted by Crippen LogP contribution is -2.23. The van der Waals surface area contributed by atoms with Crippen molar-refractivity contribution < 1.29 is 14.6 Å². The summed E-state index contributed by atoms with van der Waals surface area (Å²) >= 11 is 0. The Kier molecular flexibility index (Phi) is 6.55. The number of ether oxygens (including phenoxy) is 1. The molecule has 0 spiro atoms. The largest absolute Gasteiger partial charge is 0.545 e. The summed E-state index contributed by atoms with van der Waals surface area (Å²) in [5.74, 6) is -0.379. The quantitative estimate of drug-likeness (QED) is 0.285. The highest BCUT2D eigenvalue weighted by Crippen LogP contribution is 2.33. The molecule has 4 rings (SSSR count). The number of aliphatic carboxylic acids is 1. The van der Waals surface area contributed by atoms with E-state index in [2.05, 4.69) is 31.7 Å². The zero-order valence-electron chi connectivity index (χ0n) is 18.7. The first-order chi connectivity index (χ1) is 15.9. The predicted octanol–water partition coefficient (Wildman–Crippen LogP) is 3.34. The third kappa shape index (κ3) is 5.12. The average Bonchev–Trinajstić information content (AvgIpc) is 3.26. The Morgan fingerprint density at radius 2 is 2.03 bits per heavy atom. The van der Waals surface area contributed by atoms with E-state index in [1.54, 1.807) is 12.1 Å². The molecule has 0 aliphatic carbocycles. The van der Waals surface area contributed by atoms with Gasteiger partial charge in [0.15, 0.2) is 0 Å². The summed E-state index contributed by atoms with van der Waals surface area (Å²) in [5.41, 5.74) is 2.72. The smallest absolute Gasteiger partial charge is 0.141 e. The Labute approximate surface area is 191 Å². The number of anilines is 2. The standard InChI is InChI=1S/C25H27N5O3/c1-16(25(31)32)19-13-20-22(14-23(19)33-11-5-4-10-30(2)3)27-15-28-24(20)29-18-6-7-21-17(12-18)8-9-26-21/h6-9,12-15,26H,1,4-5,10-11H2,2-3H3,(H,31,32)(H,27,28,29)/p-1. The monoisotopic (exact) mass is 444 g/mol. The molecule has 8 heteroatoms. The molecule has 0 amide bonds. The molecule has 0 saturated heterocycles. The average molecular weight is 445 g/mol. The van der Waals surface area contributed by atoms with E-state index in [0.29, 0.717) is 34.6 Å². The fraction of sp³-hybridized carbons (Fsp3) is 0.240. The van der Waals surface area contributed by atoms with E-state index in [-0.39, 0.29) is 5.57 Å². The van der Waals surface area contributed by atoms with E-state index in [0.717, 1.165) is 36.0 Å². The van der Waals surface area contributed by atoms with E-state index in [4.69, 9.17) is 4.74 Å². The second-order valence-corrected chi connectivity index (χ2v) is 8.12. The van der Waals surface area contributed by atoms with Gasteiger partial charge in [0.1, 0.15) is 17.9 Å². The predicted molar refractivity (Wildman–Crippen MR) is 128 cm³/mol. The van der Waals surface area contributed by atoms with Crippen molar-refractivity contribution in [2.75, 3.05) is 32.6 Å². The van der Waals surface area contributed by atoms with Crippen LogP contribution < -0.4 is 15.2 Å². The lowest BCUT2D eigenvalue weighted by molar-refractivity contribution is -0.295. The highest BCUT2D eigenvalue weighted by atomic mass is 16.5. The van der Waals surface area contributed by atoms with Crippen molar-refractivity contribution >= 4 is 44.9 Å². The number of rotatable bonds is 10. The number of aromatic amines is 1. The Hall–Kier alpha value is -3.91. The van der Waals surface area contributed by atoms with Gasteiger partial charge in [-0.15, -0.1) is 0 Å². The van der Waals surface area contributed by atoms with Crippen LogP contribution in [0.15, 0.2) is 55.5 Å². The number of aromatic nitrogens is 3. The molecule has 4 aromatic rings. The second-order valence-electron chi connectivity index (χ2n) is 8.12. The number of H-pyrrole nitrogens is 1. The van der Waals surface area contributed by atoms with Gasteiger partial charge in [0.25, 0.3) is 0 Å². The minimum Gasteiger partial charge on any atom is -0.545 e. The number of fused-ring (bicyclic) bond motifs is 2. The van der Waals surface area contributed by atoms with Crippen LogP contribution in [0.4, 0.5) is 11.5 Å². The van der Waals surface area contributed by atoms with Crippen molar-refractivity contribution in [3.63, 3.8) is 0 Å². The molecule has 0 radical (unpaired) electrons. The fourth-order valence-electron chi connectivity index (χ4n) is 3.63. The summed E-state index contributed by atoms with van der Waals surface area (Å²) in [4.78, 5) is 25.6.